The van der Waals surface area contributed by atoms with Gasteiger partial charge < -0.3 is 19.7 Å². The molecule has 0 radical (unpaired) electrons. The molecule has 3 aromatic rings. The van der Waals surface area contributed by atoms with Crippen LogP contribution in [0.3, 0.4) is 0 Å². The standard InChI is InChI=1S/C25H20N2O8/c1-34-18-10-8-16(9-11-18)26-22(15-5-12-19(28)20(13-15)35-2)21(24(30)25(26)31)23(29)14-3-6-17(7-4-14)27(32)33/h3-13,22,28-29H,1-2H3/b23-21+/t22-/m1/s1. The second-order valence-corrected chi connectivity index (χ2v) is 7.60. The van der Waals surface area contributed by atoms with E-state index in [0.29, 0.717) is 17.0 Å². The second kappa shape index (κ2) is 9.18. The third-order valence-corrected chi connectivity index (χ3v) is 5.67. The van der Waals surface area contributed by atoms with Crippen molar-refractivity contribution in [2.75, 3.05) is 19.1 Å². The zero-order valence-corrected chi connectivity index (χ0v) is 18.7. The Balaban J connectivity index is 1.92. The van der Waals surface area contributed by atoms with Gasteiger partial charge in [0.05, 0.1) is 30.8 Å². The zero-order chi connectivity index (χ0) is 25.3. The number of aliphatic hydroxyl groups is 1. The van der Waals surface area contributed by atoms with Crippen LogP contribution in [0.15, 0.2) is 72.3 Å². The van der Waals surface area contributed by atoms with Crippen LogP contribution < -0.4 is 14.4 Å². The van der Waals surface area contributed by atoms with Crippen molar-refractivity contribution in [1.82, 2.24) is 0 Å². The lowest BCUT2D eigenvalue weighted by Crippen LogP contribution is -2.29. The average molecular weight is 476 g/mol. The van der Waals surface area contributed by atoms with Gasteiger partial charge in [-0.1, -0.05) is 6.07 Å². The van der Waals surface area contributed by atoms with Gasteiger partial charge in [-0.2, -0.15) is 0 Å². The van der Waals surface area contributed by atoms with Crippen LogP contribution in [-0.2, 0) is 9.59 Å². The topological polar surface area (TPSA) is 139 Å². The highest BCUT2D eigenvalue weighted by Crippen LogP contribution is 2.44. The number of methoxy groups -OCH3 is 2. The van der Waals surface area contributed by atoms with Gasteiger partial charge in [-0.25, -0.2) is 0 Å². The van der Waals surface area contributed by atoms with Crippen LogP contribution in [0, 0.1) is 10.1 Å². The van der Waals surface area contributed by atoms with Crippen molar-refractivity contribution < 1.29 is 34.2 Å². The van der Waals surface area contributed by atoms with Crippen molar-refractivity contribution in [3.63, 3.8) is 0 Å². The number of aromatic hydroxyl groups is 1. The third kappa shape index (κ3) is 4.12. The fourth-order valence-corrected chi connectivity index (χ4v) is 3.92. The van der Waals surface area contributed by atoms with E-state index in [4.69, 9.17) is 9.47 Å². The number of nitrogens with zero attached hydrogens (tertiary/aromatic N) is 2. The summed E-state index contributed by atoms with van der Waals surface area (Å²) in [5.74, 6) is -1.80. The van der Waals surface area contributed by atoms with E-state index in [1.54, 1.807) is 24.3 Å². The molecule has 4 rings (SSSR count). The molecule has 3 aromatic carbocycles. The molecule has 1 aliphatic heterocycles. The number of amides is 1. The number of nitro groups is 1. The predicted octanol–water partition coefficient (Wildman–Crippen LogP) is 3.94. The van der Waals surface area contributed by atoms with E-state index in [9.17, 15) is 29.9 Å². The molecule has 2 N–H and O–H groups in total. The zero-order valence-electron chi connectivity index (χ0n) is 18.7. The first-order valence-electron chi connectivity index (χ1n) is 10.3. The van der Waals surface area contributed by atoms with E-state index in [1.165, 1.54) is 61.6 Å². The Morgan fingerprint density at radius 1 is 0.971 bits per heavy atom. The molecule has 1 heterocycles. The number of ether oxygens (including phenoxy) is 2. The van der Waals surface area contributed by atoms with E-state index in [0.717, 1.165) is 0 Å². The molecule has 1 amide bonds. The van der Waals surface area contributed by atoms with Gasteiger partial charge in [-0.05, 0) is 54.1 Å². The summed E-state index contributed by atoms with van der Waals surface area (Å²) in [4.78, 5) is 38.0. The van der Waals surface area contributed by atoms with Crippen LogP contribution in [0.5, 0.6) is 17.2 Å². The van der Waals surface area contributed by atoms with Gasteiger partial charge in [-0.3, -0.25) is 24.6 Å². The van der Waals surface area contributed by atoms with Crippen molar-refractivity contribution in [2.24, 2.45) is 0 Å². The normalized spacial score (nSPS) is 16.9. The minimum absolute atomic E-state index is 0.109. The number of phenols is 1. The van der Waals surface area contributed by atoms with Crippen molar-refractivity contribution >= 4 is 28.8 Å². The molecule has 0 spiro atoms. The van der Waals surface area contributed by atoms with Crippen molar-refractivity contribution in [1.29, 1.82) is 0 Å². The second-order valence-electron chi connectivity index (χ2n) is 7.60. The number of nitro benzene ring substituents is 1. The van der Waals surface area contributed by atoms with Crippen molar-refractivity contribution in [2.45, 2.75) is 6.04 Å². The number of Topliss-reactive ketones (excluding diaryl/α,β-unsaturated/α-hetero) is 1. The molecular formula is C25H20N2O8. The van der Waals surface area contributed by atoms with Gasteiger partial charge in [0, 0.05) is 23.4 Å². The number of aliphatic hydroxyl groups excluding tert-OH is 1. The molecule has 1 fully saturated rings. The van der Waals surface area contributed by atoms with Crippen molar-refractivity contribution in [3.8, 4) is 17.2 Å². The summed E-state index contributed by atoms with van der Waals surface area (Å²) < 4.78 is 10.4. The first kappa shape index (κ1) is 23.3. The molecular weight excluding hydrogens is 456 g/mol. The number of non-ortho nitro benzene ring substituents is 1. The number of rotatable bonds is 6. The lowest BCUT2D eigenvalue weighted by molar-refractivity contribution is -0.384. The van der Waals surface area contributed by atoms with E-state index in [2.05, 4.69) is 0 Å². The summed E-state index contributed by atoms with van der Waals surface area (Å²) in [5, 5.41) is 32.1. The molecule has 1 saturated heterocycles. The lowest BCUT2D eigenvalue weighted by Gasteiger charge is -2.26. The van der Waals surface area contributed by atoms with Crippen LogP contribution in [0.1, 0.15) is 17.2 Å². The van der Waals surface area contributed by atoms with Crippen molar-refractivity contribution in [3.05, 3.63) is 93.5 Å². The number of benzene rings is 3. The molecule has 0 saturated carbocycles. The molecule has 10 heteroatoms. The first-order valence-corrected chi connectivity index (χ1v) is 10.3. The number of carbonyl (C=O) groups excluding carboxylic acids is 2. The highest BCUT2D eigenvalue weighted by atomic mass is 16.6. The SMILES string of the molecule is COc1ccc(N2C(=O)C(=O)/C(=C(/O)c3ccc([N+](=O)[O-])cc3)[C@H]2c2ccc(O)c(OC)c2)cc1. The minimum Gasteiger partial charge on any atom is -0.507 e. The van der Waals surface area contributed by atoms with Gasteiger partial charge in [0.2, 0.25) is 0 Å². The largest absolute Gasteiger partial charge is 0.507 e. The summed E-state index contributed by atoms with van der Waals surface area (Å²) in [7, 11) is 2.85. The molecule has 0 unspecified atom stereocenters. The van der Waals surface area contributed by atoms with Crippen LogP contribution in [0.25, 0.3) is 5.76 Å². The Bertz CT molecular complexity index is 1350. The van der Waals surface area contributed by atoms with Crippen LogP contribution >= 0.6 is 0 Å². The smallest absolute Gasteiger partial charge is 0.300 e. The molecule has 178 valence electrons. The van der Waals surface area contributed by atoms with E-state index in [1.807, 2.05) is 0 Å². The fourth-order valence-electron chi connectivity index (χ4n) is 3.92. The maximum atomic E-state index is 13.2. The van der Waals surface area contributed by atoms with Crippen LogP contribution in [-0.4, -0.2) is 41.0 Å². The maximum absolute atomic E-state index is 13.2. The summed E-state index contributed by atoms with van der Waals surface area (Å²) in [6, 6.07) is 14.7. The molecule has 1 aliphatic rings. The Morgan fingerprint density at radius 2 is 1.63 bits per heavy atom. The Hall–Kier alpha value is -4.86. The van der Waals surface area contributed by atoms with Crippen LogP contribution in [0.4, 0.5) is 11.4 Å². The van der Waals surface area contributed by atoms with Gasteiger partial charge in [-0.15, -0.1) is 0 Å². The average Bonchev–Trinajstić information content (AvgIpc) is 3.14. The quantitative estimate of drug-likeness (QED) is 0.179. The van der Waals surface area contributed by atoms with E-state index in [-0.39, 0.29) is 28.3 Å². The van der Waals surface area contributed by atoms with E-state index >= 15 is 0 Å². The first-order chi connectivity index (χ1) is 16.8. The number of phenolic OH excluding ortho intramolecular Hbond substituents is 1. The molecule has 0 bridgehead atoms. The number of carbonyl (C=O) groups is 2. The third-order valence-electron chi connectivity index (χ3n) is 5.67. The summed E-state index contributed by atoms with van der Waals surface area (Å²) in [6.07, 6.45) is 0. The molecule has 0 aliphatic carbocycles. The number of ketones is 1. The van der Waals surface area contributed by atoms with Crippen LogP contribution in [0.2, 0.25) is 0 Å². The Labute approximate surface area is 199 Å². The lowest BCUT2D eigenvalue weighted by atomic mass is 9.94. The Kier molecular flexibility index (Phi) is 6.11. The van der Waals surface area contributed by atoms with Gasteiger partial charge in [0.15, 0.2) is 11.5 Å². The molecule has 1 atom stereocenters. The molecule has 35 heavy (non-hydrogen) atoms. The molecule has 0 aromatic heterocycles. The minimum atomic E-state index is -1.08. The number of hydrogen-bond donors (Lipinski definition) is 2. The highest BCUT2D eigenvalue weighted by molar-refractivity contribution is 6.51. The summed E-state index contributed by atoms with van der Waals surface area (Å²) in [5.41, 5.74) is 0.470. The van der Waals surface area contributed by atoms with Gasteiger partial charge >= 0.3 is 0 Å². The van der Waals surface area contributed by atoms with E-state index < -0.39 is 28.4 Å². The number of hydrogen-bond acceptors (Lipinski definition) is 8. The fraction of sp³-hybridized carbons (Fsp3) is 0.120. The predicted molar refractivity (Wildman–Crippen MR) is 126 cm³/mol. The summed E-state index contributed by atoms with van der Waals surface area (Å²) in [6.45, 7) is 0. The summed E-state index contributed by atoms with van der Waals surface area (Å²) >= 11 is 0. The van der Waals surface area contributed by atoms with Gasteiger partial charge in [0.25, 0.3) is 17.4 Å². The van der Waals surface area contributed by atoms with Gasteiger partial charge in [0.1, 0.15) is 11.5 Å². The highest BCUT2D eigenvalue weighted by Gasteiger charge is 2.47. The monoisotopic (exact) mass is 476 g/mol. The maximum Gasteiger partial charge on any atom is 0.300 e. The molecule has 10 nitrogen and oxygen atoms in total. The number of anilines is 1. The Morgan fingerprint density at radius 3 is 2.20 bits per heavy atom.